The van der Waals surface area contributed by atoms with Crippen LogP contribution >= 0.6 is 0 Å². The van der Waals surface area contributed by atoms with Crippen LogP contribution in [-0.2, 0) is 11.3 Å². The van der Waals surface area contributed by atoms with Gasteiger partial charge in [0.15, 0.2) is 0 Å². The fourth-order valence-corrected chi connectivity index (χ4v) is 2.69. The molecule has 0 aliphatic carbocycles. The summed E-state index contributed by atoms with van der Waals surface area (Å²) < 4.78 is 21.2. The Morgan fingerprint density at radius 3 is 2.45 bits per heavy atom. The summed E-state index contributed by atoms with van der Waals surface area (Å²) in [6, 6.07) is 4.67. The molecule has 1 amide bonds. The third kappa shape index (κ3) is 6.56. The molecular weight excluding hydrogens is 434 g/mol. The van der Waals surface area contributed by atoms with E-state index in [1.165, 1.54) is 13.2 Å². The highest BCUT2D eigenvalue weighted by Crippen LogP contribution is 2.35. The van der Waals surface area contributed by atoms with Gasteiger partial charge in [-0.3, -0.25) is 15.0 Å². The maximum atomic E-state index is 12.8. The SMILES string of the molecule is C=CCOc1cc(CN(C(=O)OCC)c2nc(OCC=C)nc(N)c2[N+](=O)[O-])cc(OC)c1. The summed E-state index contributed by atoms with van der Waals surface area (Å²) >= 11 is 0. The van der Waals surface area contributed by atoms with Crippen LogP contribution in [0.3, 0.4) is 0 Å². The van der Waals surface area contributed by atoms with Gasteiger partial charge in [-0.05, 0) is 24.6 Å². The van der Waals surface area contributed by atoms with Gasteiger partial charge in [0.25, 0.3) is 0 Å². The van der Waals surface area contributed by atoms with E-state index in [0.29, 0.717) is 17.1 Å². The molecule has 0 saturated carbocycles. The molecule has 2 rings (SSSR count). The molecule has 0 aliphatic rings. The van der Waals surface area contributed by atoms with Gasteiger partial charge in [-0.25, -0.2) is 4.79 Å². The third-order valence-corrected chi connectivity index (χ3v) is 4.01. The van der Waals surface area contributed by atoms with E-state index in [1.807, 2.05) is 0 Å². The number of nitrogens with zero attached hydrogens (tertiary/aromatic N) is 4. The number of amides is 1. The van der Waals surface area contributed by atoms with Crippen molar-refractivity contribution >= 4 is 23.4 Å². The zero-order chi connectivity index (χ0) is 24.4. The van der Waals surface area contributed by atoms with Crippen LogP contribution < -0.4 is 24.8 Å². The summed E-state index contributed by atoms with van der Waals surface area (Å²) in [6.07, 6.45) is 2.12. The number of rotatable bonds is 12. The van der Waals surface area contributed by atoms with E-state index in [0.717, 1.165) is 4.90 Å². The van der Waals surface area contributed by atoms with E-state index < -0.39 is 22.5 Å². The molecule has 0 atom stereocenters. The summed E-state index contributed by atoms with van der Waals surface area (Å²) in [5.41, 5.74) is 5.65. The number of hydrogen-bond donors (Lipinski definition) is 1. The number of hydrogen-bond acceptors (Lipinski definition) is 10. The molecule has 1 heterocycles. The first-order valence-electron chi connectivity index (χ1n) is 9.76. The van der Waals surface area contributed by atoms with E-state index in [4.69, 9.17) is 24.7 Å². The average molecular weight is 459 g/mol. The second-order valence-electron chi connectivity index (χ2n) is 6.32. The zero-order valence-electron chi connectivity index (χ0n) is 18.4. The molecule has 176 valence electrons. The smallest absolute Gasteiger partial charge is 0.415 e. The van der Waals surface area contributed by atoms with Gasteiger partial charge in [0.1, 0.15) is 24.7 Å². The number of carbonyl (C=O) groups is 1. The lowest BCUT2D eigenvalue weighted by Gasteiger charge is -2.22. The predicted molar refractivity (Wildman–Crippen MR) is 121 cm³/mol. The quantitative estimate of drug-likeness (QED) is 0.284. The second kappa shape index (κ2) is 11.9. The van der Waals surface area contributed by atoms with Gasteiger partial charge in [0.2, 0.25) is 11.6 Å². The second-order valence-corrected chi connectivity index (χ2v) is 6.32. The molecule has 0 unspecified atom stereocenters. The van der Waals surface area contributed by atoms with Crippen molar-refractivity contribution in [1.29, 1.82) is 0 Å². The number of anilines is 2. The van der Waals surface area contributed by atoms with Gasteiger partial charge in [0.05, 0.1) is 25.2 Å². The molecule has 33 heavy (non-hydrogen) atoms. The monoisotopic (exact) mass is 459 g/mol. The molecule has 0 bridgehead atoms. The first kappa shape index (κ1) is 24.9. The number of nitro groups is 1. The number of ether oxygens (including phenoxy) is 4. The fraction of sp³-hybridized carbons (Fsp3) is 0.286. The van der Waals surface area contributed by atoms with Crippen molar-refractivity contribution in [2.45, 2.75) is 13.5 Å². The molecule has 2 N–H and O–H groups in total. The predicted octanol–water partition coefficient (Wildman–Crippen LogP) is 3.27. The molecule has 12 nitrogen and oxygen atoms in total. The van der Waals surface area contributed by atoms with Crippen molar-refractivity contribution in [1.82, 2.24) is 9.97 Å². The molecule has 1 aromatic heterocycles. The van der Waals surface area contributed by atoms with Crippen LogP contribution in [0.2, 0.25) is 0 Å². The molecule has 0 saturated heterocycles. The topological polar surface area (TPSA) is 152 Å². The summed E-state index contributed by atoms with van der Waals surface area (Å²) in [7, 11) is 1.47. The van der Waals surface area contributed by atoms with E-state index in [-0.39, 0.29) is 38.2 Å². The molecule has 0 fully saturated rings. The van der Waals surface area contributed by atoms with Gasteiger partial charge in [0, 0.05) is 6.07 Å². The largest absolute Gasteiger partial charge is 0.497 e. The lowest BCUT2D eigenvalue weighted by Crippen LogP contribution is -2.33. The van der Waals surface area contributed by atoms with Crippen molar-refractivity contribution in [2.75, 3.05) is 37.6 Å². The molecule has 0 spiro atoms. The molecule has 12 heteroatoms. The van der Waals surface area contributed by atoms with Crippen LogP contribution in [0.1, 0.15) is 12.5 Å². The van der Waals surface area contributed by atoms with Crippen LogP contribution in [0.25, 0.3) is 0 Å². The van der Waals surface area contributed by atoms with E-state index >= 15 is 0 Å². The van der Waals surface area contributed by atoms with Gasteiger partial charge >= 0.3 is 17.8 Å². The standard InChI is InChI=1S/C21H25N5O7/c1-5-8-32-16-11-14(10-15(12-16)30-4)13-25(21(27)31-7-3)19-17(26(28)29)18(22)23-20(24-19)33-9-6-2/h5-6,10-12H,1-2,7-9,13H2,3-4H3,(H2,22,23,24). The van der Waals surface area contributed by atoms with E-state index in [2.05, 4.69) is 23.1 Å². The first-order valence-corrected chi connectivity index (χ1v) is 9.76. The molecule has 2 aromatic rings. The number of carbonyl (C=O) groups excluding carboxylic acids is 1. The fourth-order valence-electron chi connectivity index (χ4n) is 2.69. The minimum atomic E-state index is -0.884. The first-order chi connectivity index (χ1) is 15.8. The highest BCUT2D eigenvalue weighted by Gasteiger charge is 2.32. The summed E-state index contributed by atoms with van der Waals surface area (Å²) in [4.78, 5) is 32.6. The van der Waals surface area contributed by atoms with E-state index in [9.17, 15) is 14.9 Å². The zero-order valence-corrected chi connectivity index (χ0v) is 18.4. The van der Waals surface area contributed by atoms with Gasteiger partial charge in [-0.1, -0.05) is 25.3 Å². The van der Waals surface area contributed by atoms with Gasteiger partial charge in [-0.2, -0.15) is 9.97 Å². The summed E-state index contributed by atoms with van der Waals surface area (Å²) in [5.74, 6) is 0.0299. The van der Waals surface area contributed by atoms with Gasteiger partial charge in [-0.15, -0.1) is 0 Å². The highest BCUT2D eigenvalue weighted by atomic mass is 16.6. The lowest BCUT2D eigenvalue weighted by atomic mass is 10.2. The molecular formula is C21H25N5O7. The number of aromatic nitrogens is 2. The maximum absolute atomic E-state index is 12.8. The Morgan fingerprint density at radius 2 is 1.85 bits per heavy atom. The Kier molecular flexibility index (Phi) is 8.97. The minimum Gasteiger partial charge on any atom is -0.497 e. The Balaban J connectivity index is 2.61. The van der Waals surface area contributed by atoms with Crippen LogP contribution in [0.4, 0.5) is 22.1 Å². The number of methoxy groups -OCH3 is 1. The summed E-state index contributed by atoms with van der Waals surface area (Å²) in [5, 5.41) is 11.7. The lowest BCUT2D eigenvalue weighted by molar-refractivity contribution is -0.383. The highest BCUT2D eigenvalue weighted by molar-refractivity contribution is 5.90. The van der Waals surface area contributed by atoms with Crippen LogP contribution in [-0.4, -0.2) is 47.9 Å². The van der Waals surface area contributed by atoms with Crippen LogP contribution in [0, 0.1) is 10.1 Å². The Bertz CT molecular complexity index is 1030. The Morgan fingerprint density at radius 1 is 1.18 bits per heavy atom. The Labute approximate surface area is 190 Å². The van der Waals surface area contributed by atoms with Crippen molar-refractivity contribution in [2.24, 2.45) is 0 Å². The van der Waals surface area contributed by atoms with Crippen LogP contribution in [0.5, 0.6) is 17.5 Å². The van der Waals surface area contributed by atoms with Crippen molar-refractivity contribution in [3.8, 4) is 17.5 Å². The van der Waals surface area contributed by atoms with Crippen molar-refractivity contribution in [3.63, 3.8) is 0 Å². The minimum absolute atomic E-state index is 0.0231. The maximum Gasteiger partial charge on any atom is 0.415 e. The third-order valence-electron chi connectivity index (χ3n) is 4.01. The van der Waals surface area contributed by atoms with Crippen LogP contribution in [0.15, 0.2) is 43.5 Å². The average Bonchev–Trinajstić information content (AvgIpc) is 2.79. The Hall–Kier alpha value is -4.35. The molecule has 0 aliphatic heterocycles. The molecule has 1 aromatic carbocycles. The van der Waals surface area contributed by atoms with Crippen molar-refractivity contribution < 1.29 is 28.7 Å². The summed E-state index contributed by atoms with van der Waals surface area (Å²) in [6.45, 7) is 8.83. The van der Waals surface area contributed by atoms with Gasteiger partial charge < -0.3 is 24.7 Å². The normalized spacial score (nSPS) is 10.1. The number of benzene rings is 1. The number of nitrogens with two attached hydrogens (primary N) is 1. The van der Waals surface area contributed by atoms with E-state index in [1.54, 1.807) is 31.2 Å². The molecule has 0 radical (unpaired) electrons. The van der Waals surface area contributed by atoms with Crippen molar-refractivity contribution in [3.05, 3.63) is 59.2 Å². The number of nitrogen functional groups attached to an aromatic ring is 1.